The fraction of sp³-hybridized carbons (Fsp3) is 0.788. The predicted molar refractivity (Wildman–Crippen MR) is 248 cm³/mol. The molecule has 3 N–H and O–H groups in total. The Bertz CT molecular complexity index is 934. The van der Waals surface area contributed by atoms with Crippen LogP contribution in [-0.4, -0.2) is 34.9 Å². The lowest BCUT2D eigenvalue weighted by atomic mass is 10.0. The van der Waals surface area contributed by atoms with Crippen molar-refractivity contribution < 1.29 is 15.0 Å². The number of allylic oxidation sites excluding steroid dienone is 9. The number of rotatable bonds is 44. The molecule has 0 aliphatic rings. The van der Waals surface area contributed by atoms with E-state index >= 15 is 0 Å². The van der Waals surface area contributed by atoms with Gasteiger partial charge < -0.3 is 15.5 Å². The highest BCUT2D eigenvalue weighted by molar-refractivity contribution is 5.76. The maximum Gasteiger partial charge on any atom is 0.220 e. The molecule has 2 unspecified atom stereocenters. The zero-order valence-electron chi connectivity index (χ0n) is 37.4. The molecule has 0 heterocycles. The molecule has 4 nitrogen and oxygen atoms in total. The van der Waals surface area contributed by atoms with E-state index in [1.165, 1.54) is 180 Å². The van der Waals surface area contributed by atoms with Crippen LogP contribution in [0.3, 0.4) is 0 Å². The summed E-state index contributed by atoms with van der Waals surface area (Å²) in [6.45, 7) is 4.26. The van der Waals surface area contributed by atoms with Crippen LogP contribution >= 0.6 is 0 Å². The van der Waals surface area contributed by atoms with Gasteiger partial charge in [0.05, 0.1) is 18.8 Å². The van der Waals surface area contributed by atoms with Crippen molar-refractivity contribution in [3.8, 4) is 0 Å². The number of hydrogen-bond acceptors (Lipinski definition) is 3. The largest absolute Gasteiger partial charge is 0.394 e. The van der Waals surface area contributed by atoms with Gasteiger partial charge in [-0.05, 0) is 70.6 Å². The summed E-state index contributed by atoms with van der Waals surface area (Å²) in [5.74, 6) is -0.0750. The quantitative estimate of drug-likeness (QED) is 0.0426. The number of aliphatic hydroxyl groups excluding tert-OH is 2. The van der Waals surface area contributed by atoms with Gasteiger partial charge in [-0.1, -0.05) is 229 Å². The Balaban J connectivity index is 3.47. The first-order valence-electron chi connectivity index (χ1n) is 24.5. The van der Waals surface area contributed by atoms with Gasteiger partial charge in [0.25, 0.3) is 0 Å². The van der Waals surface area contributed by atoms with Crippen LogP contribution in [0.1, 0.15) is 245 Å². The van der Waals surface area contributed by atoms with Gasteiger partial charge in [0.1, 0.15) is 0 Å². The third-order valence-corrected chi connectivity index (χ3v) is 11.0. The van der Waals surface area contributed by atoms with Gasteiger partial charge in [0.15, 0.2) is 0 Å². The highest BCUT2D eigenvalue weighted by atomic mass is 16.3. The third kappa shape index (κ3) is 43.2. The molecule has 0 saturated heterocycles. The van der Waals surface area contributed by atoms with E-state index in [-0.39, 0.29) is 12.5 Å². The topological polar surface area (TPSA) is 69.6 Å². The predicted octanol–water partition coefficient (Wildman–Crippen LogP) is 15.7. The van der Waals surface area contributed by atoms with Crippen molar-refractivity contribution in [3.05, 3.63) is 60.8 Å². The van der Waals surface area contributed by atoms with Crippen molar-refractivity contribution in [2.45, 2.75) is 257 Å². The Hall–Kier alpha value is -1.91. The molecule has 2 atom stereocenters. The van der Waals surface area contributed by atoms with E-state index in [2.05, 4.69) is 67.8 Å². The number of unbranched alkanes of at least 4 members (excludes halogenated alkanes) is 29. The van der Waals surface area contributed by atoms with Crippen molar-refractivity contribution >= 4 is 5.91 Å². The van der Waals surface area contributed by atoms with E-state index < -0.39 is 12.1 Å². The van der Waals surface area contributed by atoms with Crippen LogP contribution in [0.2, 0.25) is 0 Å². The van der Waals surface area contributed by atoms with Gasteiger partial charge in [-0.25, -0.2) is 0 Å². The minimum atomic E-state index is -0.861. The average Bonchev–Trinajstić information content (AvgIpc) is 3.20. The summed E-state index contributed by atoms with van der Waals surface area (Å²) in [5.41, 5.74) is 0. The zero-order valence-corrected chi connectivity index (χ0v) is 37.4. The summed E-state index contributed by atoms with van der Waals surface area (Å²) in [5, 5.41) is 22.9. The highest BCUT2D eigenvalue weighted by Gasteiger charge is 2.17. The molecule has 56 heavy (non-hydrogen) atoms. The fourth-order valence-electron chi connectivity index (χ4n) is 7.20. The Morgan fingerprint density at radius 2 is 0.750 bits per heavy atom. The second-order valence-corrected chi connectivity index (χ2v) is 16.5. The monoisotopic (exact) mass is 782 g/mol. The molecule has 0 aromatic rings. The molecule has 326 valence electrons. The zero-order chi connectivity index (χ0) is 40.7. The van der Waals surface area contributed by atoms with Gasteiger partial charge in [-0.15, -0.1) is 0 Å². The van der Waals surface area contributed by atoms with Gasteiger partial charge in [0, 0.05) is 6.42 Å². The van der Waals surface area contributed by atoms with Crippen molar-refractivity contribution in [2.24, 2.45) is 0 Å². The maximum atomic E-state index is 12.4. The van der Waals surface area contributed by atoms with Crippen LogP contribution in [-0.2, 0) is 4.79 Å². The minimum Gasteiger partial charge on any atom is -0.394 e. The van der Waals surface area contributed by atoms with Crippen LogP contribution in [0.4, 0.5) is 0 Å². The van der Waals surface area contributed by atoms with Gasteiger partial charge >= 0.3 is 0 Å². The number of carbonyl (C=O) groups is 1. The lowest BCUT2D eigenvalue weighted by Gasteiger charge is -2.19. The second kappa shape index (κ2) is 47.5. The van der Waals surface area contributed by atoms with Crippen LogP contribution < -0.4 is 5.32 Å². The Morgan fingerprint density at radius 3 is 1.16 bits per heavy atom. The molecule has 0 radical (unpaired) electrons. The number of nitrogens with one attached hydrogen (secondary N) is 1. The van der Waals surface area contributed by atoms with E-state index in [0.717, 1.165) is 44.9 Å². The first-order valence-corrected chi connectivity index (χ1v) is 24.5. The summed E-state index contributed by atoms with van der Waals surface area (Å²) in [7, 11) is 0. The van der Waals surface area contributed by atoms with Crippen LogP contribution in [0, 0.1) is 0 Å². The number of hydrogen-bond donors (Lipinski definition) is 3. The first-order chi connectivity index (χ1) is 27.7. The van der Waals surface area contributed by atoms with Gasteiger partial charge in [-0.3, -0.25) is 4.79 Å². The van der Waals surface area contributed by atoms with E-state index in [4.69, 9.17) is 0 Å². The molecular weight excluding hydrogens is 687 g/mol. The molecule has 0 spiro atoms. The summed E-state index contributed by atoms with van der Waals surface area (Å²) in [6, 6.07) is -0.638. The molecule has 0 bridgehead atoms. The SMILES string of the molecule is CCCCCCC/C=C\C/C=C\C/C=C\CCCCCCCCCCCCCCCCCCCCC(=O)NC(CO)C(O)/C=C/CC/C=C/CCCCCCC. The summed E-state index contributed by atoms with van der Waals surface area (Å²) >= 11 is 0. The lowest BCUT2D eigenvalue weighted by Crippen LogP contribution is -2.45. The van der Waals surface area contributed by atoms with Crippen molar-refractivity contribution in [1.82, 2.24) is 5.32 Å². The molecule has 0 aliphatic heterocycles. The molecule has 0 aromatic heterocycles. The molecule has 0 rings (SSSR count). The number of amides is 1. The van der Waals surface area contributed by atoms with Crippen molar-refractivity contribution in [1.29, 1.82) is 0 Å². The van der Waals surface area contributed by atoms with Crippen LogP contribution in [0.25, 0.3) is 0 Å². The van der Waals surface area contributed by atoms with Crippen LogP contribution in [0.5, 0.6) is 0 Å². The minimum absolute atomic E-state index is 0.0750. The molecule has 1 amide bonds. The molecular formula is C52H95NO3. The highest BCUT2D eigenvalue weighted by Crippen LogP contribution is 2.15. The normalized spacial score (nSPS) is 13.4. The number of carbonyl (C=O) groups excluding carboxylic acids is 1. The second-order valence-electron chi connectivity index (χ2n) is 16.5. The summed E-state index contributed by atoms with van der Waals surface area (Å²) in [4.78, 5) is 12.4. The Morgan fingerprint density at radius 1 is 0.429 bits per heavy atom. The van der Waals surface area contributed by atoms with Crippen molar-refractivity contribution in [2.75, 3.05) is 6.61 Å². The average molecular weight is 782 g/mol. The molecule has 0 fully saturated rings. The van der Waals surface area contributed by atoms with Gasteiger partial charge in [0.2, 0.25) is 5.91 Å². The molecule has 0 aromatic carbocycles. The molecule has 0 saturated carbocycles. The van der Waals surface area contributed by atoms with E-state index in [1.54, 1.807) is 6.08 Å². The molecule has 4 heteroatoms. The number of aliphatic hydroxyl groups is 2. The fourth-order valence-corrected chi connectivity index (χ4v) is 7.20. The van der Waals surface area contributed by atoms with Gasteiger partial charge in [-0.2, -0.15) is 0 Å². The van der Waals surface area contributed by atoms with E-state index in [0.29, 0.717) is 6.42 Å². The first kappa shape index (κ1) is 54.1. The third-order valence-electron chi connectivity index (χ3n) is 11.0. The Kier molecular flexibility index (Phi) is 45.8. The van der Waals surface area contributed by atoms with E-state index in [9.17, 15) is 15.0 Å². The molecule has 0 aliphatic carbocycles. The standard InChI is InChI=1S/C52H95NO3/c1-3-5-7-9-11-13-15-16-17-18-19-20-21-22-23-24-25-26-27-28-29-30-31-32-33-34-35-36-38-40-42-44-46-48-52(56)53-50(49-54)51(55)47-45-43-41-39-37-14-12-10-8-6-4-2/h15-16,18-19,21-22,37,39,45,47,50-51,54-55H,3-14,17,20,23-36,38,40-44,46,48-49H2,1-2H3,(H,53,56)/b16-15-,19-18-,22-21-,39-37+,47-45+. The summed E-state index contributed by atoms with van der Waals surface area (Å²) < 4.78 is 0. The van der Waals surface area contributed by atoms with Crippen LogP contribution in [0.15, 0.2) is 60.8 Å². The lowest BCUT2D eigenvalue weighted by molar-refractivity contribution is -0.123. The van der Waals surface area contributed by atoms with E-state index in [1.807, 2.05) is 6.08 Å². The Labute approximate surface area is 349 Å². The smallest absolute Gasteiger partial charge is 0.220 e. The maximum absolute atomic E-state index is 12.4. The van der Waals surface area contributed by atoms with Crippen molar-refractivity contribution in [3.63, 3.8) is 0 Å². The summed E-state index contributed by atoms with van der Waals surface area (Å²) in [6.07, 6.45) is 66.5.